The fourth-order valence-electron chi connectivity index (χ4n) is 2.21. The summed E-state index contributed by atoms with van der Waals surface area (Å²) in [6.45, 7) is 4.82. The van der Waals surface area contributed by atoms with E-state index in [9.17, 15) is 5.11 Å². The lowest BCUT2D eigenvalue weighted by Crippen LogP contribution is -2.37. The molecule has 0 aromatic carbocycles. The zero-order chi connectivity index (χ0) is 10.7. The standard InChI is InChI=1S/C12H19NOS/c1-10-4-6-13(7-5-10)11(9-14)12-3-2-8-15-12/h2-3,8,10-11,14H,4-7,9H2,1H3. The van der Waals surface area contributed by atoms with E-state index in [0.717, 1.165) is 19.0 Å². The number of nitrogens with zero attached hydrogens (tertiary/aromatic N) is 1. The van der Waals surface area contributed by atoms with Crippen molar-refractivity contribution in [2.75, 3.05) is 19.7 Å². The summed E-state index contributed by atoms with van der Waals surface area (Å²) in [5, 5.41) is 11.6. The second-order valence-electron chi connectivity index (χ2n) is 4.43. The fourth-order valence-corrected chi connectivity index (χ4v) is 3.06. The van der Waals surface area contributed by atoms with Gasteiger partial charge in [-0.3, -0.25) is 4.90 Å². The molecule has 0 amide bonds. The Hall–Kier alpha value is -0.380. The first-order valence-electron chi connectivity index (χ1n) is 5.69. The minimum atomic E-state index is 0.234. The van der Waals surface area contributed by atoms with Gasteiger partial charge in [0.15, 0.2) is 0 Å². The number of hydrogen-bond donors (Lipinski definition) is 1. The monoisotopic (exact) mass is 225 g/mol. The molecule has 3 heteroatoms. The predicted octanol–water partition coefficient (Wildman–Crippen LogP) is 2.51. The topological polar surface area (TPSA) is 23.5 Å². The van der Waals surface area contributed by atoms with Crippen LogP contribution in [-0.2, 0) is 0 Å². The van der Waals surface area contributed by atoms with Gasteiger partial charge in [-0.15, -0.1) is 11.3 Å². The molecule has 2 rings (SSSR count). The van der Waals surface area contributed by atoms with Gasteiger partial charge in [0, 0.05) is 4.88 Å². The number of thiophene rings is 1. The molecule has 1 fully saturated rings. The first kappa shape index (κ1) is 11.1. The third kappa shape index (κ3) is 2.60. The normalized spacial score (nSPS) is 21.7. The third-order valence-electron chi connectivity index (χ3n) is 3.30. The summed E-state index contributed by atoms with van der Waals surface area (Å²) in [5.74, 6) is 0.851. The van der Waals surface area contributed by atoms with Crippen molar-refractivity contribution in [1.82, 2.24) is 4.90 Å². The van der Waals surface area contributed by atoms with E-state index in [4.69, 9.17) is 0 Å². The van der Waals surface area contributed by atoms with Crippen molar-refractivity contribution in [3.05, 3.63) is 22.4 Å². The lowest BCUT2D eigenvalue weighted by molar-refractivity contribution is 0.0916. The molecule has 1 saturated heterocycles. The van der Waals surface area contributed by atoms with Gasteiger partial charge in [0.2, 0.25) is 0 Å². The number of piperidine rings is 1. The first-order valence-corrected chi connectivity index (χ1v) is 6.57. The maximum Gasteiger partial charge on any atom is 0.0674 e. The van der Waals surface area contributed by atoms with Gasteiger partial charge in [-0.1, -0.05) is 13.0 Å². The van der Waals surface area contributed by atoms with Crippen LogP contribution >= 0.6 is 11.3 Å². The molecular formula is C12H19NOS. The van der Waals surface area contributed by atoms with Crippen LogP contribution in [0.15, 0.2) is 17.5 Å². The Bertz CT molecular complexity index is 278. The summed E-state index contributed by atoms with van der Waals surface area (Å²) in [6, 6.07) is 4.43. The van der Waals surface area contributed by atoms with Crippen molar-refractivity contribution in [1.29, 1.82) is 0 Å². The fraction of sp³-hybridized carbons (Fsp3) is 0.667. The quantitative estimate of drug-likeness (QED) is 0.854. The first-order chi connectivity index (χ1) is 7.31. The highest BCUT2D eigenvalue weighted by atomic mass is 32.1. The third-order valence-corrected chi connectivity index (χ3v) is 4.28. The lowest BCUT2D eigenvalue weighted by atomic mass is 9.98. The van der Waals surface area contributed by atoms with E-state index in [0.29, 0.717) is 0 Å². The Morgan fingerprint density at radius 2 is 2.27 bits per heavy atom. The molecule has 1 atom stereocenters. The molecule has 1 unspecified atom stereocenters. The van der Waals surface area contributed by atoms with Crippen LogP contribution < -0.4 is 0 Å². The van der Waals surface area contributed by atoms with Crippen LogP contribution in [0.1, 0.15) is 30.7 Å². The van der Waals surface area contributed by atoms with Gasteiger partial charge < -0.3 is 5.11 Å². The number of aliphatic hydroxyl groups excluding tert-OH is 1. The maximum absolute atomic E-state index is 9.48. The van der Waals surface area contributed by atoms with Crippen molar-refractivity contribution < 1.29 is 5.11 Å². The van der Waals surface area contributed by atoms with E-state index in [1.807, 2.05) is 0 Å². The molecule has 2 nitrogen and oxygen atoms in total. The van der Waals surface area contributed by atoms with Crippen LogP contribution in [0.4, 0.5) is 0 Å². The predicted molar refractivity (Wildman–Crippen MR) is 64.1 cm³/mol. The molecule has 0 spiro atoms. The van der Waals surface area contributed by atoms with E-state index >= 15 is 0 Å². The van der Waals surface area contributed by atoms with E-state index in [2.05, 4.69) is 29.3 Å². The van der Waals surface area contributed by atoms with E-state index in [1.54, 1.807) is 11.3 Å². The molecule has 1 N–H and O–H groups in total. The Morgan fingerprint density at radius 3 is 2.80 bits per heavy atom. The molecule has 15 heavy (non-hydrogen) atoms. The smallest absolute Gasteiger partial charge is 0.0674 e. The molecule has 1 aliphatic heterocycles. The second kappa shape index (κ2) is 5.10. The molecular weight excluding hydrogens is 206 g/mol. The summed E-state index contributed by atoms with van der Waals surface area (Å²) in [4.78, 5) is 3.72. The van der Waals surface area contributed by atoms with Gasteiger partial charge in [0.25, 0.3) is 0 Å². The second-order valence-corrected chi connectivity index (χ2v) is 5.41. The van der Waals surface area contributed by atoms with Crippen molar-refractivity contribution in [3.8, 4) is 0 Å². The zero-order valence-electron chi connectivity index (χ0n) is 9.22. The van der Waals surface area contributed by atoms with Crippen LogP contribution in [-0.4, -0.2) is 29.7 Å². The highest BCUT2D eigenvalue weighted by Gasteiger charge is 2.24. The van der Waals surface area contributed by atoms with Gasteiger partial charge in [0.05, 0.1) is 12.6 Å². The number of aliphatic hydroxyl groups is 1. The van der Waals surface area contributed by atoms with Crippen molar-refractivity contribution >= 4 is 11.3 Å². The lowest BCUT2D eigenvalue weighted by Gasteiger charge is -2.35. The number of rotatable bonds is 3. The minimum absolute atomic E-state index is 0.234. The largest absolute Gasteiger partial charge is 0.394 e. The highest BCUT2D eigenvalue weighted by molar-refractivity contribution is 7.10. The summed E-state index contributed by atoms with van der Waals surface area (Å²) < 4.78 is 0. The molecule has 0 bridgehead atoms. The van der Waals surface area contributed by atoms with Crippen molar-refractivity contribution in [3.63, 3.8) is 0 Å². The average molecular weight is 225 g/mol. The molecule has 2 heterocycles. The Morgan fingerprint density at radius 1 is 1.53 bits per heavy atom. The van der Waals surface area contributed by atoms with Crippen LogP contribution in [0.3, 0.4) is 0 Å². The van der Waals surface area contributed by atoms with Gasteiger partial charge >= 0.3 is 0 Å². The maximum atomic E-state index is 9.48. The van der Waals surface area contributed by atoms with Gasteiger partial charge in [-0.2, -0.15) is 0 Å². The van der Waals surface area contributed by atoms with E-state index in [-0.39, 0.29) is 12.6 Å². The van der Waals surface area contributed by atoms with Gasteiger partial charge in [-0.25, -0.2) is 0 Å². The molecule has 0 radical (unpaired) electrons. The Kier molecular flexibility index (Phi) is 3.78. The number of likely N-dealkylation sites (tertiary alicyclic amines) is 1. The van der Waals surface area contributed by atoms with Crippen LogP contribution in [0.25, 0.3) is 0 Å². The Labute approximate surface area is 95.5 Å². The van der Waals surface area contributed by atoms with E-state index < -0.39 is 0 Å². The molecule has 84 valence electrons. The molecule has 0 saturated carbocycles. The Balaban J connectivity index is 2.01. The SMILES string of the molecule is CC1CCN(C(CO)c2cccs2)CC1. The summed E-state index contributed by atoms with van der Waals surface area (Å²) >= 11 is 1.75. The minimum Gasteiger partial charge on any atom is -0.394 e. The van der Waals surface area contributed by atoms with Crippen molar-refractivity contribution in [2.24, 2.45) is 5.92 Å². The average Bonchev–Trinajstić information content (AvgIpc) is 2.75. The highest BCUT2D eigenvalue weighted by Crippen LogP contribution is 2.28. The molecule has 1 aliphatic rings. The van der Waals surface area contributed by atoms with Crippen LogP contribution in [0.2, 0.25) is 0 Å². The van der Waals surface area contributed by atoms with E-state index in [1.165, 1.54) is 17.7 Å². The van der Waals surface area contributed by atoms with Crippen molar-refractivity contribution in [2.45, 2.75) is 25.8 Å². The molecule has 1 aromatic heterocycles. The summed E-state index contributed by atoms with van der Waals surface area (Å²) in [6.07, 6.45) is 2.53. The summed E-state index contributed by atoms with van der Waals surface area (Å²) in [7, 11) is 0. The van der Waals surface area contributed by atoms with Crippen LogP contribution in [0.5, 0.6) is 0 Å². The number of hydrogen-bond acceptors (Lipinski definition) is 3. The van der Waals surface area contributed by atoms with Gasteiger partial charge in [-0.05, 0) is 43.3 Å². The zero-order valence-corrected chi connectivity index (χ0v) is 10.0. The summed E-state index contributed by atoms with van der Waals surface area (Å²) in [5.41, 5.74) is 0. The van der Waals surface area contributed by atoms with Crippen LogP contribution in [0, 0.1) is 5.92 Å². The van der Waals surface area contributed by atoms with Gasteiger partial charge in [0.1, 0.15) is 0 Å². The molecule has 0 aliphatic carbocycles. The molecule has 1 aromatic rings.